The minimum Gasteiger partial charge on any atom is -0.342 e. The molecule has 0 N–H and O–H groups in total. The van der Waals surface area contributed by atoms with Crippen molar-refractivity contribution in [2.24, 2.45) is 5.92 Å². The van der Waals surface area contributed by atoms with Gasteiger partial charge in [0.25, 0.3) is 5.56 Å². The number of carbonyl (C=O) groups excluding carboxylic acids is 1. The highest BCUT2D eigenvalue weighted by Crippen LogP contribution is 2.26. The molecule has 1 aliphatic heterocycles. The number of likely N-dealkylation sites (tertiary alicyclic amines) is 1. The minimum absolute atomic E-state index is 0.0219. The second kappa shape index (κ2) is 8.25. The third-order valence-electron chi connectivity index (χ3n) is 5.00. The van der Waals surface area contributed by atoms with E-state index in [0.29, 0.717) is 28.5 Å². The maximum Gasteiger partial charge on any atom is 0.262 e. The molecule has 1 fully saturated rings. The number of para-hydroxylation sites is 1. The second-order valence-corrected chi connectivity index (χ2v) is 8.44. The fourth-order valence-corrected chi connectivity index (χ4v) is 4.37. The Morgan fingerprint density at radius 2 is 2.00 bits per heavy atom. The lowest BCUT2D eigenvalue weighted by molar-refractivity contribution is -0.131. The zero-order valence-corrected chi connectivity index (χ0v) is 16.6. The highest BCUT2D eigenvalue weighted by molar-refractivity contribution is 8.00. The van der Waals surface area contributed by atoms with E-state index in [1.165, 1.54) is 11.8 Å². The molecule has 6 heteroatoms. The molecule has 0 aliphatic carbocycles. The zero-order valence-electron chi connectivity index (χ0n) is 15.8. The standard InChI is InChI=1S/C20H27N3O2S/c1-4-11-23-19(25)16-7-5-6-8-17(16)21-20(23)26-15(3)18(24)22-12-9-14(2)10-13-22/h5-8,14-15H,4,9-13H2,1-3H3. The number of piperidine rings is 1. The lowest BCUT2D eigenvalue weighted by Crippen LogP contribution is -2.42. The summed E-state index contributed by atoms with van der Waals surface area (Å²) in [7, 11) is 0. The molecule has 1 aliphatic rings. The third-order valence-corrected chi connectivity index (χ3v) is 6.08. The Hall–Kier alpha value is -1.82. The summed E-state index contributed by atoms with van der Waals surface area (Å²) in [5.41, 5.74) is 0.671. The first-order valence-corrected chi connectivity index (χ1v) is 10.3. The van der Waals surface area contributed by atoms with Gasteiger partial charge in [-0.15, -0.1) is 0 Å². The summed E-state index contributed by atoms with van der Waals surface area (Å²) in [4.78, 5) is 32.3. The average molecular weight is 374 g/mol. The molecule has 0 saturated carbocycles. The van der Waals surface area contributed by atoms with Gasteiger partial charge in [-0.1, -0.05) is 37.7 Å². The van der Waals surface area contributed by atoms with Gasteiger partial charge in [0.2, 0.25) is 5.91 Å². The summed E-state index contributed by atoms with van der Waals surface area (Å²) in [6, 6.07) is 7.42. The van der Waals surface area contributed by atoms with Gasteiger partial charge in [-0.25, -0.2) is 4.98 Å². The van der Waals surface area contributed by atoms with E-state index < -0.39 is 0 Å². The summed E-state index contributed by atoms with van der Waals surface area (Å²) < 4.78 is 1.72. The lowest BCUT2D eigenvalue weighted by atomic mass is 9.99. The Bertz CT molecular complexity index is 841. The molecule has 1 saturated heterocycles. The molecular weight excluding hydrogens is 346 g/mol. The van der Waals surface area contributed by atoms with Gasteiger partial charge in [-0.05, 0) is 44.2 Å². The van der Waals surface area contributed by atoms with Gasteiger partial charge in [0.05, 0.1) is 16.2 Å². The number of amides is 1. The predicted octanol–water partition coefficient (Wildman–Crippen LogP) is 3.55. The van der Waals surface area contributed by atoms with Crippen LogP contribution in [-0.4, -0.2) is 38.7 Å². The zero-order chi connectivity index (χ0) is 18.7. The summed E-state index contributed by atoms with van der Waals surface area (Å²) in [5.74, 6) is 0.839. The van der Waals surface area contributed by atoms with Crippen LogP contribution in [0.25, 0.3) is 10.9 Å². The Morgan fingerprint density at radius 3 is 2.69 bits per heavy atom. The summed E-state index contributed by atoms with van der Waals surface area (Å²) in [6.45, 7) is 8.47. The van der Waals surface area contributed by atoms with Crippen molar-refractivity contribution in [2.75, 3.05) is 13.1 Å². The number of carbonyl (C=O) groups is 1. The quantitative estimate of drug-likeness (QED) is 0.594. The van der Waals surface area contributed by atoms with Crippen molar-refractivity contribution in [3.8, 4) is 0 Å². The van der Waals surface area contributed by atoms with Gasteiger partial charge >= 0.3 is 0 Å². The molecule has 1 aromatic carbocycles. The lowest BCUT2D eigenvalue weighted by Gasteiger charge is -2.32. The van der Waals surface area contributed by atoms with E-state index in [4.69, 9.17) is 0 Å². The van der Waals surface area contributed by atoms with E-state index in [0.717, 1.165) is 32.4 Å². The SMILES string of the molecule is CCCn1c(SC(C)C(=O)N2CCC(C)CC2)nc2ccccc2c1=O. The molecule has 3 rings (SSSR count). The number of thioether (sulfide) groups is 1. The number of rotatable bonds is 5. The van der Waals surface area contributed by atoms with Gasteiger partial charge in [-0.3, -0.25) is 14.2 Å². The fraction of sp³-hybridized carbons (Fsp3) is 0.550. The molecule has 5 nitrogen and oxygen atoms in total. The van der Waals surface area contributed by atoms with Gasteiger partial charge in [-0.2, -0.15) is 0 Å². The van der Waals surface area contributed by atoms with Crippen molar-refractivity contribution in [3.63, 3.8) is 0 Å². The van der Waals surface area contributed by atoms with Crippen molar-refractivity contribution < 1.29 is 4.79 Å². The topological polar surface area (TPSA) is 55.2 Å². The van der Waals surface area contributed by atoms with Crippen LogP contribution >= 0.6 is 11.8 Å². The molecule has 140 valence electrons. The van der Waals surface area contributed by atoms with Crippen molar-refractivity contribution in [1.29, 1.82) is 0 Å². The van der Waals surface area contributed by atoms with E-state index in [2.05, 4.69) is 11.9 Å². The van der Waals surface area contributed by atoms with Gasteiger partial charge < -0.3 is 4.90 Å². The van der Waals surface area contributed by atoms with Crippen LogP contribution in [-0.2, 0) is 11.3 Å². The van der Waals surface area contributed by atoms with Crippen LogP contribution in [0.2, 0.25) is 0 Å². The van der Waals surface area contributed by atoms with E-state index in [9.17, 15) is 9.59 Å². The first-order valence-electron chi connectivity index (χ1n) is 9.46. The molecule has 0 bridgehead atoms. The maximum atomic E-state index is 12.8. The van der Waals surface area contributed by atoms with Crippen molar-refractivity contribution in [1.82, 2.24) is 14.5 Å². The molecule has 26 heavy (non-hydrogen) atoms. The van der Waals surface area contributed by atoms with Crippen LogP contribution in [0.15, 0.2) is 34.2 Å². The van der Waals surface area contributed by atoms with Crippen molar-refractivity contribution in [2.45, 2.75) is 57.0 Å². The van der Waals surface area contributed by atoms with E-state index in [1.54, 1.807) is 4.57 Å². The number of fused-ring (bicyclic) bond motifs is 1. The molecule has 1 aromatic heterocycles. The first kappa shape index (κ1) is 19.0. The molecular formula is C20H27N3O2S. The fourth-order valence-electron chi connectivity index (χ4n) is 3.35. The molecule has 1 unspecified atom stereocenters. The maximum absolute atomic E-state index is 12.8. The molecule has 0 spiro atoms. The number of hydrogen-bond acceptors (Lipinski definition) is 4. The van der Waals surface area contributed by atoms with Crippen molar-refractivity contribution in [3.05, 3.63) is 34.6 Å². The number of aromatic nitrogens is 2. The number of nitrogens with zero attached hydrogens (tertiary/aromatic N) is 3. The van der Waals surface area contributed by atoms with Gasteiger partial charge in [0.1, 0.15) is 0 Å². The first-order chi connectivity index (χ1) is 12.5. The summed E-state index contributed by atoms with van der Waals surface area (Å²) in [5, 5.41) is 1.02. The van der Waals surface area contributed by atoms with Crippen LogP contribution in [0.5, 0.6) is 0 Å². The van der Waals surface area contributed by atoms with E-state index in [-0.39, 0.29) is 16.7 Å². The molecule has 1 amide bonds. The average Bonchev–Trinajstić information content (AvgIpc) is 2.65. The van der Waals surface area contributed by atoms with Crippen molar-refractivity contribution >= 4 is 28.6 Å². The van der Waals surface area contributed by atoms with Crippen LogP contribution in [0, 0.1) is 5.92 Å². The van der Waals surface area contributed by atoms with Crippen LogP contribution < -0.4 is 5.56 Å². The number of benzene rings is 1. The Kier molecular flexibility index (Phi) is 6.01. The monoisotopic (exact) mass is 373 g/mol. The van der Waals surface area contributed by atoms with Gasteiger partial charge in [0.15, 0.2) is 5.16 Å². The Morgan fingerprint density at radius 1 is 1.31 bits per heavy atom. The molecule has 1 atom stereocenters. The molecule has 0 radical (unpaired) electrons. The van der Waals surface area contributed by atoms with Gasteiger partial charge in [0, 0.05) is 19.6 Å². The van der Waals surface area contributed by atoms with E-state index >= 15 is 0 Å². The third kappa shape index (κ3) is 3.95. The minimum atomic E-state index is -0.250. The van der Waals surface area contributed by atoms with E-state index in [1.807, 2.05) is 43.0 Å². The Balaban J connectivity index is 1.86. The number of hydrogen-bond donors (Lipinski definition) is 0. The normalized spacial score (nSPS) is 16.8. The largest absolute Gasteiger partial charge is 0.342 e. The Labute approximate surface area is 158 Å². The molecule has 2 heterocycles. The highest BCUT2D eigenvalue weighted by Gasteiger charge is 2.26. The summed E-state index contributed by atoms with van der Waals surface area (Å²) in [6.07, 6.45) is 2.98. The highest BCUT2D eigenvalue weighted by atomic mass is 32.2. The van der Waals surface area contributed by atoms with Crippen LogP contribution in [0.3, 0.4) is 0 Å². The molecule has 2 aromatic rings. The smallest absolute Gasteiger partial charge is 0.262 e. The van der Waals surface area contributed by atoms with Crippen LogP contribution in [0.4, 0.5) is 0 Å². The summed E-state index contributed by atoms with van der Waals surface area (Å²) >= 11 is 1.40. The second-order valence-electron chi connectivity index (χ2n) is 7.14. The predicted molar refractivity (Wildman–Crippen MR) is 107 cm³/mol. The van der Waals surface area contributed by atoms with Crippen LogP contribution in [0.1, 0.15) is 40.0 Å².